The van der Waals surface area contributed by atoms with E-state index in [0.29, 0.717) is 5.75 Å². The first-order valence-corrected chi connectivity index (χ1v) is 7.40. The molecular weight excluding hydrogens is 286 g/mol. The van der Waals surface area contributed by atoms with Crippen LogP contribution >= 0.6 is 0 Å². The Morgan fingerprint density at radius 1 is 1.55 bits per heavy atom. The second kappa shape index (κ2) is 7.22. The largest absolute Gasteiger partial charge is 0.496 e. The van der Waals surface area contributed by atoms with Crippen LogP contribution in [0.4, 0.5) is 5.69 Å². The van der Waals surface area contributed by atoms with Crippen LogP contribution in [0.25, 0.3) is 0 Å². The van der Waals surface area contributed by atoms with E-state index in [2.05, 4.69) is 17.1 Å². The molecule has 1 amide bonds. The zero-order valence-electron chi connectivity index (χ0n) is 12.9. The van der Waals surface area contributed by atoms with E-state index in [1.54, 1.807) is 0 Å². The highest BCUT2D eigenvalue weighted by Crippen LogP contribution is 2.24. The molecule has 2 rings (SSSR count). The lowest BCUT2D eigenvalue weighted by molar-refractivity contribution is -0.384. The Bertz CT molecular complexity index is 562. The predicted molar refractivity (Wildman–Crippen MR) is 82.3 cm³/mol. The zero-order chi connectivity index (χ0) is 16.1. The van der Waals surface area contributed by atoms with Gasteiger partial charge in [-0.1, -0.05) is 6.92 Å². The number of nitro benzene ring substituents is 1. The maximum atomic E-state index is 12.4. The van der Waals surface area contributed by atoms with E-state index in [0.717, 1.165) is 32.5 Å². The molecule has 1 aliphatic heterocycles. The maximum Gasteiger partial charge on any atom is 0.270 e. The van der Waals surface area contributed by atoms with Crippen LogP contribution in [0.2, 0.25) is 0 Å². The highest BCUT2D eigenvalue weighted by Gasteiger charge is 2.23. The number of methoxy groups -OCH3 is 1. The maximum absolute atomic E-state index is 12.4. The van der Waals surface area contributed by atoms with Gasteiger partial charge in [-0.15, -0.1) is 0 Å². The van der Waals surface area contributed by atoms with Gasteiger partial charge in [-0.05, 0) is 32.0 Å². The molecule has 1 aromatic rings. The van der Waals surface area contributed by atoms with Crippen LogP contribution in [-0.2, 0) is 0 Å². The number of benzene rings is 1. The number of hydrogen-bond acceptors (Lipinski definition) is 5. The number of piperidine rings is 1. The lowest BCUT2D eigenvalue weighted by Crippen LogP contribution is -2.47. The van der Waals surface area contributed by atoms with Crippen LogP contribution in [0.15, 0.2) is 18.2 Å². The monoisotopic (exact) mass is 307 g/mol. The average Bonchev–Trinajstić information content (AvgIpc) is 2.54. The summed E-state index contributed by atoms with van der Waals surface area (Å²) >= 11 is 0. The highest BCUT2D eigenvalue weighted by atomic mass is 16.6. The predicted octanol–water partition coefficient (Wildman–Crippen LogP) is 1.82. The van der Waals surface area contributed by atoms with E-state index < -0.39 is 4.92 Å². The minimum atomic E-state index is -0.518. The van der Waals surface area contributed by atoms with Crippen molar-refractivity contribution in [2.45, 2.75) is 25.8 Å². The summed E-state index contributed by atoms with van der Waals surface area (Å²) in [5.41, 5.74) is 0.0788. The molecule has 0 unspecified atom stereocenters. The number of nitrogens with one attached hydrogen (secondary N) is 1. The van der Waals surface area contributed by atoms with Gasteiger partial charge in [0.1, 0.15) is 5.75 Å². The molecule has 1 aliphatic rings. The zero-order valence-corrected chi connectivity index (χ0v) is 12.9. The average molecular weight is 307 g/mol. The summed E-state index contributed by atoms with van der Waals surface area (Å²) in [4.78, 5) is 25.1. The third-order valence-electron chi connectivity index (χ3n) is 3.93. The van der Waals surface area contributed by atoms with Gasteiger partial charge in [0.05, 0.1) is 17.6 Å². The summed E-state index contributed by atoms with van der Waals surface area (Å²) in [6.07, 6.45) is 1.95. The molecule has 1 atom stereocenters. The molecule has 120 valence electrons. The number of ether oxygens (including phenoxy) is 1. The van der Waals surface area contributed by atoms with E-state index in [4.69, 9.17) is 4.74 Å². The summed E-state index contributed by atoms with van der Waals surface area (Å²) < 4.78 is 5.14. The van der Waals surface area contributed by atoms with E-state index in [1.807, 2.05) is 0 Å². The summed E-state index contributed by atoms with van der Waals surface area (Å²) in [6.45, 7) is 4.89. The van der Waals surface area contributed by atoms with Gasteiger partial charge in [0.25, 0.3) is 11.6 Å². The summed E-state index contributed by atoms with van der Waals surface area (Å²) in [7, 11) is 1.44. The van der Waals surface area contributed by atoms with Crippen molar-refractivity contribution in [3.8, 4) is 5.75 Å². The molecule has 1 saturated heterocycles. The number of non-ortho nitro benzene ring substituents is 1. The SMILES string of the molecule is CCN1CCC[C@H](NC(=O)c2cc([N+](=O)[O-])ccc2OC)C1. The van der Waals surface area contributed by atoms with Crippen LogP contribution in [-0.4, -0.2) is 48.5 Å². The van der Waals surface area contributed by atoms with Gasteiger partial charge >= 0.3 is 0 Å². The number of hydrogen-bond donors (Lipinski definition) is 1. The van der Waals surface area contributed by atoms with Crippen molar-refractivity contribution in [3.63, 3.8) is 0 Å². The van der Waals surface area contributed by atoms with Crippen molar-refractivity contribution in [1.29, 1.82) is 0 Å². The third kappa shape index (κ3) is 3.73. The van der Waals surface area contributed by atoms with Gasteiger partial charge in [-0.3, -0.25) is 14.9 Å². The third-order valence-corrected chi connectivity index (χ3v) is 3.93. The first-order valence-electron chi connectivity index (χ1n) is 7.40. The minimum absolute atomic E-state index is 0.0603. The summed E-state index contributed by atoms with van der Waals surface area (Å²) in [6, 6.07) is 4.10. The number of nitro groups is 1. The summed E-state index contributed by atoms with van der Waals surface area (Å²) in [5, 5.41) is 13.8. The highest BCUT2D eigenvalue weighted by molar-refractivity contribution is 5.97. The Kier molecular flexibility index (Phi) is 5.32. The topological polar surface area (TPSA) is 84.7 Å². The molecule has 0 aromatic heterocycles. The number of amides is 1. The molecule has 1 aromatic carbocycles. The Hall–Kier alpha value is -2.15. The van der Waals surface area contributed by atoms with Gasteiger partial charge in [0.2, 0.25) is 0 Å². The number of carbonyl (C=O) groups excluding carboxylic acids is 1. The van der Waals surface area contributed by atoms with Crippen LogP contribution in [0, 0.1) is 10.1 Å². The molecule has 7 nitrogen and oxygen atoms in total. The molecule has 0 radical (unpaired) electrons. The van der Waals surface area contributed by atoms with Crippen molar-refractivity contribution < 1.29 is 14.5 Å². The fourth-order valence-corrected chi connectivity index (χ4v) is 2.71. The second-order valence-corrected chi connectivity index (χ2v) is 5.35. The smallest absolute Gasteiger partial charge is 0.270 e. The first kappa shape index (κ1) is 16.2. The second-order valence-electron chi connectivity index (χ2n) is 5.35. The molecule has 0 spiro atoms. The van der Waals surface area contributed by atoms with E-state index in [1.165, 1.54) is 25.3 Å². The molecule has 1 heterocycles. The fraction of sp³-hybridized carbons (Fsp3) is 0.533. The fourth-order valence-electron chi connectivity index (χ4n) is 2.71. The molecule has 1 fully saturated rings. The standard InChI is InChI=1S/C15H21N3O4/c1-3-17-8-4-5-11(10-17)16-15(19)13-9-12(18(20)21)6-7-14(13)22-2/h6-7,9,11H,3-5,8,10H2,1-2H3,(H,16,19)/t11-/m0/s1. The van der Waals surface area contributed by atoms with Crippen LogP contribution in [0.1, 0.15) is 30.1 Å². The molecule has 1 N–H and O–H groups in total. The van der Waals surface area contributed by atoms with Crippen molar-refractivity contribution in [3.05, 3.63) is 33.9 Å². The normalized spacial score (nSPS) is 18.7. The van der Waals surface area contributed by atoms with Crippen molar-refractivity contribution >= 4 is 11.6 Å². The molecule has 22 heavy (non-hydrogen) atoms. The van der Waals surface area contributed by atoms with E-state index in [-0.39, 0.29) is 23.2 Å². The Morgan fingerprint density at radius 3 is 2.95 bits per heavy atom. The lowest BCUT2D eigenvalue weighted by atomic mass is 10.0. The molecule has 0 saturated carbocycles. The number of rotatable bonds is 5. The van der Waals surface area contributed by atoms with Crippen molar-refractivity contribution in [1.82, 2.24) is 10.2 Å². The quantitative estimate of drug-likeness (QED) is 0.662. The van der Waals surface area contributed by atoms with Crippen LogP contribution in [0.3, 0.4) is 0 Å². The molecule has 7 heteroatoms. The van der Waals surface area contributed by atoms with Crippen LogP contribution < -0.4 is 10.1 Å². The number of nitrogens with zero attached hydrogens (tertiary/aromatic N) is 2. The Balaban J connectivity index is 2.14. The van der Waals surface area contributed by atoms with E-state index in [9.17, 15) is 14.9 Å². The number of carbonyl (C=O) groups is 1. The van der Waals surface area contributed by atoms with Gasteiger partial charge < -0.3 is 15.0 Å². The van der Waals surface area contributed by atoms with Gasteiger partial charge in [0, 0.05) is 24.7 Å². The van der Waals surface area contributed by atoms with Gasteiger partial charge in [-0.25, -0.2) is 0 Å². The Labute approximate surface area is 129 Å². The van der Waals surface area contributed by atoms with Crippen molar-refractivity contribution in [2.75, 3.05) is 26.7 Å². The number of likely N-dealkylation sites (tertiary alicyclic amines) is 1. The van der Waals surface area contributed by atoms with Gasteiger partial charge in [-0.2, -0.15) is 0 Å². The first-order chi connectivity index (χ1) is 10.5. The molecular formula is C15H21N3O4. The lowest BCUT2D eigenvalue weighted by Gasteiger charge is -2.32. The number of likely N-dealkylation sites (N-methyl/N-ethyl adjacent to an activating group) is 1. The van der Waals surface area contributed by atoms with Crippen molar-refractivity contribution in [2.24, 2.45) is 0 Å². The van der Waals surface area contributed by atoms with E-state index >= 15 is 0 Å². The molecule has 0 bridgehead atoms. The molecule has 0 aliphatic carbocycles. The Morgan fingerprint density at radius 2 is 2.32 bits per heavy atom. The minimum Gasteiger partial charge on any atom is -0.496 e. The van der Waals surface area contributed by atoms with Gasteiger partial charge in [0.15, 0.2) is 0 Å². The summed E-state index contributed by atoms with van der Waals surface area (Å²) in [5.74, 6) is 0.00904. The van der Waals surface area contributed by atoms with Crippen LogP contribution in [0.5, 0.6) is 5.75 Å².